The normalized spacial score (nSPS) is 11.1. The Kier molecular flexibility index (Phi) is 7.53. The maximum atomic E-state index is 6.18. The fourth-order valence-electron chi connectivity index (χ4n) is 5.78. The van der Waals surface area contributed by atoms with Crippen LogP contribution in [0.25, 0.3) is 44.5 Å². The zero-order valence-corrected chi connectivity index (χ0v) is 24.0. The molecule has 0 aliphatic rings. The van der Waals surface area contributed by atoms with Crippen LogP contribution in [0.1, 0.15) is 11.1 Å². The third kappa shape index (κ3) is 5.84. The van der Waals surface area contributed by atoms with Crippen LogP contribution in [0.3, 0.4) is 0 Å². The molecule has 0 atom stereocenters. The first-order valence-corrected chi connectivity index (χ1v) is 14.8. The van der Waals surface area contributed by atoms with Crippen LogP contribution in [-0.2, 0) is 19.6 Å². The number of pyridine rings is 1. The molecule has 0 saturated heterocycles. The van der Waals surface area contributed by atoms with E-state index in [1.165, 1.54) is 44.6 Å². The third-order valence-electron chi connectivity index (χ3n) is 8.00. The van der Waals surface area contributed by atoms with Gasteiger partial charge in [-0.1, -0.05) is 97.1 Å². The van der Waals surface area contributed by atoms with Crippen LogP contribution < -0.4 is 9.30 Å². The predicted molar refractivity (Wildman–Crippen MR) is 176 cm³/mol. The number of aryl methyl sites for hydroxylation is 1. The van der Waals surface area contributed by atoms with Gasteiger partial charge in [0, 0.05) is 46.8 Å². The molecule has 0 spiro atoms. The van der Waals surface area contributed by atoms with Crippen LogP contribution in [0.15, 0.2) is 158 Å². The molecule has 2 heterocycles. The summed E-state index contributed by atoms with van der Waals surface area (Å²) >= 11 is 0. The molecule has 2 aromatic heterocycles. The van der Waals surface area contributed by atoms with E-state index >= 15 is 0 Å². The molecule has 5 aromatic carbocycles. The number of hydrogen-bond acceptors (Lipinski definition) is 1. The highest BCUT2D eigenvalue weighted by Gasteiger charge is 2.23. The minimum Gasteiger partial charge on any atom is -0.489 e. The van der Waals surface area contributed by atoms with Gasteiger partial charge in [-0.15, -0.1) is 0 Å². The molecule has 0 aliphatic carbocycles. The standard InChI is InChI=1S/C40H33N2O/c1-5-13-30(14-6-1)29-43-36-21-22-38-37(27-36)34(28-41-38)23-24-42-39(32-17-9-3-10-18-32)25-35(31-15-7-2-8-16-31)26-40(42)33-19-11-4-12-20-33/h1-22,25-28,41H,23-24,29H2/q+1. The van der Waals surface area contributed by atoms with Crippen molar-refractivity contribution in [3.8, 4) is 39.4 Å². The first-order valence-electron chi connectivity index (χ1n) is 14.8. The summed E-state index contributed by atoms with van der Waals surface area (Å²) in [7, 11) is 0. The van der Waals surface area contributed by atoms with Gasteiger partial charge in [0.05, 0.1) is 0 Å². The van der Waals surface area contributed by atoms with Gasteiger partial charge in [0.2, 0.25) is 11.4 Å². The summed E-state index contributed by atoms with van der Waals surface area (Å²) < 4.78 is 8.66. The van der Waals surface area contributed by atoms with E-state index in [4.69, 9.17) is 4.74 Å². The smallest absolute Gasteiger partial charge is 0.213 e. The molecule has 0 radical (unpaired) electrons. The van der Waals surface area contributed by atoms with Crippen molar-refractivity contribution in [1.82, 2.24) is 4.98 Å². The Balaban J connectivity index is 1.27. The molecule has 3 heteroatoms. The molecule has 1 N–H and O–H groups in total. The van der Waals surface area contributed by atoms with Crippen LogP contribution in [0.5, 0.6) is 5.75 Å². The van der Waals surface area contributed by atoms with Crippen molar-refractivity contribution in [1.29, 1.82) is 0 Å². The number of nitrogens with one attached hydrogen (secondary N) is 1. The lowest BCUT2D eigenvalue weighted by Gasteiger charge is -2.13. The Hall–Kier alpha value is -5.41. The van der Waals surface area contributed by atoms with Crippen LogP contribution in [-0.4, -0.2) is 4.98 Å². The van der Waals surface area contributed by atoms with E-state index in [2.05, 4.69) is 143 Å². The summed E-state index contributed by atoms with van der Waals surface area (Å²) in [5.41, 5.74) is 10.8. The minimum atomic E-state index is 0.552. The fourth-order valence-corrected chi connectivity index (χ4v) is 5.78. The molecule has 208 valence electrons. The average molecular weight is 558 g/mol. The molecule has 0 unspecified atom stereocenters. The molecular formula is C40H33N2O+. The zero-order valence-electron chi connectivity index (χ0n) is 24.0. The van der Waals surface area contributed by atoms with Crippen LogP contribution in [0.4, 0.5) is 0 Å². The van der Waals surface area contributed by atoms with Crippen molar-refractivity contribution >= 4 is 10.9 Å². The number of nitrogens with zero attached hydrogens (tertiary/aromatic N) is 1. The highest BCUT2D eigenvalue weighted by atomic mass is 16.5. The summed E-state index contributed by atoms with van der Waals surface area (Å²) in [6.45, 7) is 1.38. The van der Waals surface area contributed by atoms with E-state index < -0.39 is 0 Å². The molecule has 0 amide bonds. The Morgan fingerprint density at radius 3 is 1.70 bits per heavy atom. The first kappa shape index (κ1) is 26.5. The van der Waals surface area contributed by atoms with E-state index in [1.807, 2.05) is 24.3 Å². The number of rotatable bonds is 9. The van der Waals surface area contributed by atoms with Gasteiger partial charge >= 0.3 is 0 Å². The Morgan fingerprint density at radius 2 is 1.09 bits per heavy atom. The van der Waals surface area contributed by atoms with E-state index in [1.54, 1.807) is 0 Å². The Bertz CT molecular complexity index is 1890. The summed E-state index contributed by atoms with van der Waals surface area (Å²) in [6.07, 6.45) is 3.02. The second kappa shape index (κ2) is 12.2. The second-order valence-corrected chi connectivity index (χ2v) is 10.8. The lowest BCUT2D eigenvalue weighted by Crippen LogP contribution is -2.40. The summed E-state index contributed by atoms with van der Waals surface area (Å²) in [5.74, 6) is 0.881. The minimum absolute atomic E-state index is 0.552. The summed E-state index contributed by atoms with van der Waals surface area (Å²) in [4.78, 5) is 3.48. The Morgan fingerprint density at radius 1 is 0.535 bits per heavy atom. The quantitative estimate of drug-likeness (QED) is 0.176. The molecule has 0 fully saturated rings. The maximum absolute atomic E-state index is 6.18. The molecule has 7 rings (SSSR count). The number of H-pyrrole nitrogens is 1. The van der Waals surface area contributed by atoms with Gasteiger partial charge in [0.15, 0.2) is 6.54 Å². The van der Waals surface area contributed by atoms with E-state index in [-0.39, 0.29) is 0 Å². The van der Waals surface area contributed by atoms with E-state index in [9.17, 15) is 0 Å². The van der Waals surface area contributed by atoms with Crippen molar-refractivity contribution in [2.75, 3.05) is 0 Å². The van der Waals surface area contributed by atoms with Crippen LogP contribution >= 0.6 is 0 Å². The number of ether oxygens (including phenoxy) is 1. The number of fused-ring (bicyclic) bond motifs is 1. The lowest BCUT2D eigenvalue weighted by molar-refractivity contribution is -0.674. The molecule has 0 bridgehead atoms. The van der Waals surface area contributed by atoms with Gasteiger partial charge < -0.3 is 9.72 Å². The van der Waals surface area contributed by atoms with Crippen molar-refractivity contribution in [2.45, 2.75) is 19.6 Å². The number of aromatic amines is 1. The molecule has 0 saturated carbocycles. The molecule has 3 nitrogen and oxygen atoms in total. The van der Waals surface area contributed by atoms with Gasteiger partial charge in [-0.3, -0.25) is 0 Å². The van der Waals surface area contributed by atoms with E-state index in [0.717, 1.165) is 29.8 Å². The average Bonchev–Trinajstić information content (AvgIpc) is 3.50. The fraction of sp³-hybridized carbons (Fsp3) is 0.0750. The van der Waals surface area contributed by atoms with Crippen molar-refractivity contribution < 1.29 is 9.30 Å². The SMILES string of the molecule is c1ccc(COc2ccc3[nH]cc(CC[n+]4c(-c5ccccc5)cc(-c5ccccc5)cc4-c4ccccc4)c3c2)cc1. The van der Waals surface area contributed by atoms with Crippen LogP contribution in [0.2, 0.25) is 0 Å². The van der Waals surface area contributed by atoms with Crippen molar-refractivity contribution in [2.24, 2.45) is 0 Å². The monoisotopic (exact) mass is 557 g/mol. The molecular weight excluding hydrogens is 524 g/mol. The Labute approximate surface area is 252 Å². The van der Waals surface area contributed by atoms with Gasteiger partial charge in [0.1, 0.15) is 12.4 Å². The molecule has 43 heavy (non-hydrogen) atoms. The van der Waals surface area contributed by atoms with Gasteiger partial charge in [-0.2, -0.15) is 4.57 Å². The summed E-state index contributed by atoms with van der Waals surface area (Å²) in [5, 5.41) is 1.20. The van der Waals surface area contributed by atoms with Crippen molar-refractivity contribution in [3.05, 3.63) is 169 Å². The number of aromatic nitrogens is 2. The van der Waals surface area contributed by atoms with Gasteiger partial charge in [0.25, 0.3) is 0 Å². The van der Waals surface area contributed by atoms with Crippen LogP contribution in [0, 0.1) is 0 Å². The maximum Gasteiger partial charge on any atom is 0.213 e. The topological polar surface area (TPSA) is 28.9 Å². The zero-order chi connectivity index (χ0) is 28.8. The number of hydrogen-bond donors (Lipinski definition) is 1. The van der Waals surface area contributed by atoms with Gasteiger partial charge in [-0.05, 0) is 64.7 Å². The second-order valence-electron chi connectivity index (χ2n) is 10.8. The van der Waals surface area contributed by atoms with Crippen molar-refractivity contribution in [3.63, 3.8) is 0 Å². The van der Waals surface area contributed by atoms with E-state index in [0.29, 0.717) is 6.61 Å². The molecule has 7 aromatic rings. The van der Waals surface area contributed by atoms with Gasteiger partial charge in [-0.25, -0.2) is 0 Å². The largest absolute Gasteiger partial charge is 0.489 e. The predicted octanol–water partition coefficient (Wildman–Crippen LogP) is 9.28. The highest BCUT2D eigenvalue weighted by Crippen LogP contribution is 2.30. The molecule has 0 aliphatic heterocycles. The highest BCUT2D eigenvalue weighted by molar-refractivity contribution is 5.84. The summed E-state index contributed by atoms with van der Waals surface area (Å²) in [6, 6.07) is 53.4. The number of benzene rings is 5. The third-order valence-corrected chi connectivity index (χ3v) is 8.00. The lowest BCUT2D eigenvalue weighted by atomic mass is 9.98. The first-order chi connectivity index (χ1) is 21.3.